The predicted molar refractivity (Wildman–Crippen MR) is 45.6 cm³/mol. The van der Waals surface area contributed by atoms with E-state index in [2.05, 4.69) is 32.5 Å². The Labute approximate surface area is 70.1 Å². The van der Waals surface area contributed by atoms with E-state index in [-0.39, 0.29) is 0 Å². The minimum atomic E-state index is -0.521. The van der Waals surface area contributed by atoms with Crippen LogP contribution in [0.15, 0.2) is 22.4 Å². The first-order chi connectivity index (χ1) is 5.11. The molecule has 0 aliphatic heterocycles. The molecule has 0 fully saturated rings. The molecule has 1 rings (SSSR count). The van der Waals surface area contributed by atoms with Crippen molar-refractivity contribution in [3.63, 3.8) is 0 Å². The van der Waals surface area contributed by atoms with Gasteiger partial charge in [0.2, 0.25) is 0 Å². The van der Waals surface area contributed by atoms with E-state index in [0.29, 0.717) is 10.0 Å². The summed E-state index contributed by atoms with van der Waals surface area (Å²) in [5.74, 6) is 0. The fourth-order valence-corrected chi connectivity index (χ4v) is 0.906. The molecule has 1 aromatic rings. The summed E-state index contributed by atoms with van der Waals surface area (Å²) in [5.41, 5.74) is -0.646. The Bertz CT molecular complexity index is 390. The highest BCUT2D eigenvalue weighted by Gasteiger charge is 1.99. The van der Waals surface area contributed by atoms with Crippen LogP contribution in [0.2, 0.25) is 0 Å². The molecule has 0 aliphatic carbocycles. The number of halogens is 1. The van der Waals surface area contributed by atoms with E-state index in [0.717, 1.165) is 0 Å². The zero-order valence-corrected chi connectivity index (χ0v) is 7.06. The lowest BCUT2D eigenvalue weighted by Crippen LogP contribution is -2.23. The van der Waals surface area contributed by atoms with E-state index in [9.17, 15) is 9.59 Å². The number of nitrogens with one attached hydrogen (secondary N) is 2. The van der Waals surface area contributed by atoms with Gasteiger partial charge < -0.3 is 4.98 Å². The highest BCUT2D eigenvalue weighted by atomic mass is 79.9. The molecular weight excluding hydrogens is 212 g/mol. The fraction of sp³-hybridized carbons (Fsp3) is 0. The highest BCUT2D eigenvalue weighted by molar-refractivity contribution is 9.15. The molecule has 0 amide bonds. The fourth-order valence-electron chi connectivity index (χ4n) is 0.611. The topological polar surface area (TPSA) is 65.7 Å². The van der Waals surface area contributed by atoms with Gasteiger partial charge in [0.05, 0.1) is 5.56 Å². The minimum Gasteiger partial charge on any atom is -0.313 e. The van der Waals surface area contributed by atoms with Crippen molar-refractivity contribution in [2.75, 3.05) is 0 Å². The van der Waals surface area contributed by atoms with Crippen LogP contribution in [0.1, 0.15) is 5.56 Å². The van der Waals surface area contributed by atoms with E-state index >= 15 is 0 Å². The maximum atomic E-state index is 10.9. The average Bonchev–Trinajstić information content (AvgIpc) is 1.85. The molecule has 2 N–H and O–H groups in total. The molecule has 0 atom stereocenters. The molecule has 1 heterocycles. The Morgan fingerprint density at radius 1 is 1.55 bits per heavy atom. The van der Waals surface area contributed by atoms with E-state index in [4.69, 9.17) is 0 Å². The van der Waals surface area contributed by atoms with Gasteiger partial charge in [-0.15, -0.1) is 0 Å². The summed E-state index contributed by atoms with van der Waals surface area (Å²) in [5, 5.41) is 0. The SMILES string of the molecule is C=C(Br)c1c[nH]c(=O)[nH]c1=O. The summed E-state index contributed by atoms with van der Waals surface area (Å²) >= 11 is 3.02. The number of H-pyrrole nitrogens is 2. The minimum absolute atomic E-state index is 0.324. The maximum absolute atomic E-state index is 10.9. The zero-order valence-electron chi connectivity index (χ0n) is 5.48. The van der Waals surface area contributed by atoms with Crippen LogP contribution in [0, 0.1) is 0 Å². The van der Waals surface area contributed by atoms with Gasteiger partial charge in [0.25, 0.3) is 5.56 Å². The first-order valence-corrected chi connectivity index (χ1v) is 3.57. The summed E-state index contributed by atoms with van der Waals surface area (Å²) < 4.78 is 0.440. The molecular formula is C6H5BrN2O2. The summed E-state index contributed by atoms with van der Waals surface area (Å²) in [6.07, 6.45) is 1.30. The Morgan fingerprint density at radius 3 is 2.64 bits per heavy atom. The Morgan fingerprint density at radius 2 is 2.18 bits per heavy atom. The molecule has 0 aromatic carbocycles. The molecule has 0 saturated carbocycles. The zero-order chi connectivity index (χ0) is 8.43. The van der Waals surface area contributed by atoms with Crippen LogP contribution in [-0.4, -0.2) is 9.97 Å². The molecule has 58 valence electrons. The normalized spacial score (nSPS) is 9.55. The van der Waals surface area contributed by atoms with E-state index < -0.39 is 11.2 Å². The highest BCUT2D eigenvalue weighted by Crippen LogP contribution is 2.11. The van der Waals surface area contributed by atoms with Crippen LogP contribution in [0.5, 0.6) is 0 Å². The molecule has 5 heteroatoms. The smallest absolute Gasteiger partial charge is 0.313 e. The van der Waals surface area contributed by atoms with Gasteiger partial charge in [-0.2, -0.15) is 0 Å². The summed E-state index contributed by atoms with van der Waals surface area (Å²) in [4.78, 5) is 25.8. The van der Waals surface area contributed by atoms with Crippen molar-refractivity contribution in [2.45, 2.75) is 0 Å². The number of aromatic amines is 2. The number of rotatable bonds is 1. The molecule has 0 saturated heterocycles. The number of hydrogen-bond acceptors (Lipinski definition) is 2. The van der Waals surface area contributed by atoms with Crippen LogP contribution in [0.3, 0.4) is 0 Å². The molecule has 11 heavy (non-hydrogen) atoms. The lowest BCUT2D eigenvalue weighted by atomic mass is 10.3. The second-order valence-electron chi connectivity index (χ2n) is 1.89. The van der Waals surface area contributed by atoms with Crippen LogP contribution in [0.4, 0.5) is 0 Å². The molecule has 4 nitrogen and oxygen atoms in total. The van der Waals surface area contributed by atoms with Gasteiger partial charge >= 0.3 is 5.69 Å². The van der Waals surface area contributed by atoms with Gasteiger partial charge in [-0.25, -0.2) is 4.79 Å². The summed E-state index contributed by atoms with van der Waals surface area (Å²) in [6.45, 7) is 3.49. The first kappa shape index (κ1) is 8.00. The molecule has 0 bridgehead atoms. The Hall–Kier alpha value is -1.10. The van der Waals surface area contributed by atoms with Crippen LogP contribution in [0.25, 0.3) is 4.48 Å². The van der Waals surface area contributed by atoms with Crippen molar-refractivity contribution in [3.8, 4) is 0 Å². The van der Waals surface area contributed by atoms with Gasteiger partial charge in [-0.1, -0.05) is 22.5 Å². The van der Waals surface area contributed by atoms with Gasteiger partial charge in [0, 0.05) is 10.7 Å². The molecule has 1 aromatic heterocycles. The van der Waals surface area contributed by atoms with E-state index in [1.165, 1.54) is 6.20 Å². The average molecular weight is 217 g/mol. The van der Waals surface area contributed by atoms with Crippen molar-refractivity contribution in [2.24, 2.45) is 0 Å². The Kier molecular flexibility index (Phi) is 2.09. The lowest BCUT2D eigenvalue weighted by molar-refractivity contribution is 1.03. The molecule has 0 radical (unpaired) electrons. The second kappa shape index (κ2) is 2.87. The van der Waals surface area contributed by atoms with E-state index in [1.807, 2.05) is 0 Å². The van der Waals surface area contributed by atoms with Crippen LogP contribution >= 0.6 is 15.9 Å². The van der Waals surface area contributed by atoms with Crippen molar-refractivity contribution < 1.29 is 0 Å². The third kappa shape index (κ3) is 1.68. The quantitative estimate of drug-likeness (QED) is 0.716. The van der Waals surface area contributed by atoms with Gasteiger partial charge in [0.15, 0.2) is 0 Å². The largest absolute Gasteiger partial charge is 0.325 e. The molecule has 0 spiro atoms. The van der Waals surface area contributed by atoms with Gasteiger partial charge in [0.1, 0.15) is 0 Å². The van der Waals surface area contributed by atoms with Crippen molar-refractivity contribution >= 4 is 20.4 Å². The summed E-state index contributed by atoms with van der Waals surface area (Å²) in [7, 11) is 0. The number of aromatic nitrogens is 2. The molecule has 0 unspecified atom stereocenters. The standard InChI is InChI=1S/C6H5BrN2O2/c1-3(7)4-2-8-6(11)9-5(4)10/h2H,1H2,(H2,8,9,10,11). The van der Waals surface area contributed by atoms with Crippen LogP contribution in [-0.2, 0) is 0 Å². The molecule has 0 aliphatic rings. The monoisotopic (exact) mass is 216 g/mol. The first-order valence-electron chi connectivity index (χ1n) is 2.78. The maximum Gasteiger partial charge on any atom is 0.325 e. The Balaban J connectivity index is 3.43. The van der Waals surface area contributed by atoms with Crippen molar-refractivity contribution in [1.82, 2.24) is 9.97 Å². The third-order valence-corrected chi connectivity index (χ3v) is 1.54. The van der Waals surface area contributed by atoms with Gasteiger partial charge in [-0.05, 0) is 0 Å². The second-order valence-corrected chi connectivity index (χ2v) is 2.85. The van der Waals surface area contributed by atoms with Crippen LogP contribution < -0.4 is 11.2 Å². The predicted octanol–water partition coefficient (Wildman–Crippen LogP) is 0.429. The number of hydrogen-bond donors (Lipinski definition) is 2. The van der Waals surface area contributed by atoms with Gasteiger partial charge in [-0.3, -0.25) is 9.78 Å². The third-order valence-electron chi connectivity index (χ3n) is 1.11. The summed E-state index contributed by atoms with van der Waals surface area (Å²) in [6, 6.07) is 0. The van der Waals surface area contributed by atoms with Crippen molar-refractivity contribution in [3.05, 3.63) is 39.2 Å². The van der Waals surface area contributed by atoms with E-state index in [1.54, 1.807) is 0 Å². The lowest BCUT2D eigenvalue weighted by Gasteiger charge is -1.92. The van der Waals surface area contributed by atoms with Crippen molar-refractivity contribution in [1.29, 1.82) is 0 Å².